The van der Waals surface area contributed by atoms with Gasteiger partial charge in [-0.1, -0.05) is 18.5 Å². The van der Waals surface area contributed by atoms with Crippen LogP contribution in [0, 0.1) is 5.92 Å². The smallest absolute Gasteiger partial charge is 0.222 e. The van der Waals surface area contributed by atoms with Gasteiger partial charge in [0.2, 0.25) is 5.95 Å². The second-order valence-electron chi connectivity index (χ2n) is 3.37. The van der Waals surface area contributed by atoms with Crippen LogP contribution in [0.5, 0.6) is 0 Å². The zero-order chi connectivity index (χ0) is 11.3. The van der Waals surface area contributed by atoms with Crippen LogP contribution in [0.1, 0.15) is 6.92 Å². The van der Waals surface area contributed by atoms with E-state index in [4.69, 9.17) is 22.1 Å². The Bertz CT molecular complexity index is 321. The molecule has 0 spiro atoms. The maximum atomic E-state index is 5.88. The zero-order valence-electron chi connectivity index (χ0n) is 8.83. The highest BCUT2D eigenvalue weighted by atomic mass is 35.5. The molecule has 1 unspecified atom stereocenters. The molecule has 1 atom stereocenters. The molecule has 6 heteroatoms. The van der Waals surface area contributed by atoms with Crippen molar-refractivity contribution >= 4 is 23.4 Å². The number of halogens is 1. The molecule has 3 N–H and O–H groups in total. The van der Waals surface area contributed by atoms with Crippen LogP contribution in [0.25, 0.3) is 0 Å². The number of ether oxygens (including phenoxy) is 1. The third-order valence-corrected chi connectivity index (χ3v) is 2.11. The lowest BCUT2D eigenvalue weighted by molar-refractivity contribution is 0.164. The minimum Gasteiger partial charge on any atom is -0.384 e. The molecule has 1 rings (SSSR count). The molecule has 84 valence electrons. The summed E-state index contributed by atoms with van der Waals surface area (Å²) in [6, 6.07) is 0. The average Bonchev–Trinajstić information content (AvgIpc) is 2.20. The van der Waals surface area contributed by atoms with Crippen molar-refractivity contribution < 1.29 is 4.74 Å². The monoisotopic (exact) mass is 230 g/mol. The number of hydrogen-bond donors (Lipinski definition) is 2. The number of nitrogens with zero attached hydrogens (tertiary/aromatic N) is 2. The first-order valence-corrected chi connectivity index (χ1v) is 5.02. The van der Waals surface area contributed by atoms with E-state index in [0.29, 0.717) is 23.4 Å². The summed E-state index contributed by atoms with van der Waals surface area (Å²) in [5, 5.41) is 3.56. The SMILES string of the molecule is COCC(C)CNc1nc(N)ncc1Cl. The van der Waals surface area contributed by atoms with E-state index in [-0.39, 0.29) is 5.95 Å². The minimum absolute atomic E-state index is 0.210. The van der Waals surface area contributed by atoms with Crippen molar-refractivity contribution in [3.05, 3.63) is 11.2 Å². The van der Waals surface area contributed by atoms with Gasteiger partial charge in [-0.2, -0.15) is 4.98 Å². The fraction of sp³-hybridized carbons (Fsp3) is 0.556. The number of aromatic nitrogens is 2. The van der Waals surface area contributed by atoms with E-state index in [9.17, 15) is 0 Å². The zero-order valence-corrected chi connectivity index (χ0v) is 9.58. The van der Waals surface area contributed by atoms with Gasteiger partial charge in [-0.25, -0.2) is 4.98 Å². The molecule has 0 aliphatic carbocycles. The quantitative estimate of drug-likeness (QED) is 0.800. The van der Waals surface area contributed by atoms with E-state index in [1.165, 1.54) is 6.20 Å². The normalized spacial score (nSPS) is 12.5. The van der Waals surface area contributed by atoms with Gasteiger partial charge in [-0.3, -0.25) is 0 Å². The fourth-order valence-electron chi connectivity index (χ4n) is 1.12. The molecule has 0 fully saturated rings. The first-order chi connectivity index (χ1) is 7.13. The van der Waals surface area contributed by atoms with Gasteiger partial charge in [-0.15, -0.1) is 0 Å². The summed E-state index contributed by atoms with van der Waals surface area (Å²) in [5.74, 6) is 1.15. The topological polar surface area (TPSA) is 73.1 Å². The van der Waals surface area contributed by atoms with E-state index in [1.54, 1.807) is 7.11 Å². The van der Waals surface area contributed by atoms with Crippen LogP contribution in [0.4, 0.5) is 11.8 Å². The number of nitrogens with two attached hydrogens (primary N) is 1. The number of rotatable bonds is 5. The lowest BCUT2D eigenvalue weighted by Crippen LogP contribution is -2.17. The molecule has 0 aliphatic heterocycles. The van der Waals surface area contributed by atoms with E-state index in [2.05, 4.69) is 22.2 Å². The van der Waals surface area contributed by atoms with Gasteiger partial charge in [0.25, 0.3) is 0 Å². The largest absolute Gasteiger partial charge is 0.384 e. The van der Waals surface area contributed by atoms with Gasteiger partial charge in [-0.05, 0) is 5.92 Å². The number of anilines is 2. The van der Waals surface area contributed by atoms with Crippen LogP contribution in [-0.4, -0.2) is 30.2 Å². The summed E-state index contributed by atoms with van der Waals surface area (Å²) in [7, 11) is 1.67. The van der Waals surface area contributed by atoms with Crippen LogP contribution in [-0.2, 0) is 4.74 Å². The van der Waals surface area contributed by atoms with Gasteiger partial charge in [0.1, 0.15) is 10.8 Å². The van der Waals surface area contributed by atoms with E-state index in [0.717, 1.165) is 6.54 Å². The number of methoxy groups -OCH3 is 1. The van der Waals surface area contributed by atoms with Crippen LogP contribution >= 0.6 is 11.6 Å². The molecule has 0 saturated heterocycles. The Morgan fingerprint density at radius 1 is 1.67 bits per heavy atom. The summed E-state index contributed by atoms with van der Waals surface area (Å²) in [4.78, 5) is 7.76. The van der Waals surface area contributed by atoms with Gasteiger partial charge in [0.05, 0.1) is 12.8 Å². The average molecular weight is 231 g/mol. The van der Waals surface area contributed by atoms with Gasteiger partial charge < -0.3 is 15.8 Å². The van der Waals surface area contributed by atoms with Gasteiger partial charge >= 0.3 is 0 Å². The Morgan fingerprint density at radius 3 is 3.07 bits per heavy atom. The van der Waals surface area contributed by atoms with E-state index >= 15 is 0 Å². The second-order valence-corrected chi connectivity index (χ2v) is 3.77. The summed E-state index contributed by atoms with van der Waals surface area (Å²) in [5.41, 5.74) is 5.45. The Balaban J connectivity index is 2.53. The molecule has 1 aromatic heterocycles. The van der Waals surface area contributed by atoms with Crippen LogP contribution in [0.3, 0.4) is 0 Å². The first-order valence-electron chi connectivity index (χ1n) is 4.64. The molecule has 0 amide bonds. The lowest BCUT2D eigenvalue weighted by atomic mass is 10.2. The molecule has 0 aliphatic rings. The standard InChI is InChI=1S/C9H15ClN4O/c1-6(5-15-2)3-12-8-7(10)4-13-9(11)14-8/h4,6H,3,5H2,1-2H3,(H3,11,12,13,14). The third kappa shape index (κ3) is 3.89. The predicted molar refractivity (Wildman–Crippen MR) is 61.0 cm³/mol. The molecule has 1 aromatic rings. The summed E-state index contributed by atoms with van der Waals surface area (Å²) in [6.07, 6.45) is 1.48. The Hall–Kier alpha value is -1.07. The number of nitrogens with one attached hydrogen (secondary N) is 1. The van der Waals surface area contributed by atoms with E-state index in [1.807, 2.05) is 0 Å². The van der Waals surface area contributed by atoms with Crippen molar-refractivity contribution in [2.24, 2.45) is 5.92 Å². The molecule has 0 bridgehead atoms. The molecular weight excluding hydrogens is 216 g/mol. The fourth-order valence-corrected chi connectivity index (χ4v) is 1.28. The lowest BCUT2D eigenvalue weighted by Gasteiger charge is -2.12. The van der Waals surface area contributed by atoms with Gasteiger partial charge in [0, 0.05) is 13.7 Å². The van der Waals surface area contributed by atoms with E-state index < -0.39 is 0 Å². The summed E-state index contributed by atoms with van der Waals surface area (Å²) < 4.78 is 5.02. The van der Waals surface area contributed by atoms with Crippen molar-refractivity contribution in [3.8, 4) is 0 Å². The Kier molecular flexibility index (Phi) is 4.58. The second kappa shape index (κ2) is 5.72. The van der Waals surface area contributed by atoms with Crippen molar-refractivity contribution in [1.29, 1.82) is 0 Å². The molecule has 0 saturated carbocycles. The Morgan fingerprint density at radius 2 is 2.40 bits per heavy atom. The highest BCUT2D eigenvalue weighted by molar-refractivity contribution is 6.32. The molecule has 0 radical (unpaired) electrons. The van der Waals surface area contributed by atoms with Crippen molar-refractivity contribution in [1.82, 2.24) is 9.97 Å². The van der Waals surface area contributed by atoms with Crippen molar-refractivity contribution in [3.63, 3.8) is 0 Å². The number of hydrogen-bond acceptors (Lipinski definition) is 5. The highest BCUT2D eigenvalue weighted by Gasteiger charge is 2.05. The van der Waals surface area contributed by atoms with Crippen molar-refractivity contribution in [2.75, 3.05) is 31.3 Å². The maximum Gasteiger partial charge on any atom is 0.222 e. The molecule has 15 heavy (non-hydrogen) atoms. The van der Waals surface area contributed by atoms with Crippen LogP contribution < -0.4 is 11.1 Å². The van der Waals surface area contributed by atoms with Crippen LogP contribution in [0.15, 0.2) is 6.20 Å². The Labute approximate surface area is 94.0 Å². The maximum absolute atomic E-state index is 5.88. The molecule has 5 nitrogen and oxygen atoms in total. The first kappa shape index (κ1) is 12.0. The van der Waals surface area contributed by atoms with Gasteiger partial charge in [0.15, 0.2) is 0 Å². The van der Waals surface area contributed by atoms with Crippen LogP contribution in [0.2, 0.25) is 5.02 Å². The summed E-state index contributed by atoms with van der Waals surface area (Å²) in [6.45, 7) is 3.48. The highest BCUT2D eigenvalue weighted by Crippen LogP contribution is 2.18. The molecule has 0 aromatic carbocycles. The molecular formula is C9H15ClN4O. The summed E-state index contributed by atoms with van der Waals surface area (Å²) >= 11 is 5.88. The third-order valence-electron chi connectivity index (χ3n) is 1.83. The van der Waals surface area contributed by atoms with Crippen molar-refractivity contribution in [2.45, 2.75) is 6.92 Å². The number of nitrogen functional groups attached to an aromatic ring is 1. The predicted octanol–water partition coefficient (Wildman–Crippen LogP) is 1.41. The molecule has 1 heterocycles. The minimum atomic E-state index is 0.210.